The number of amides is 2. The van der Waals surface area contributed by atoms with Crippen molar-refractivity contribution in [2.45, 2.75) is 38.7 Å². The molecule has 1 aliphatic carbocycles. The third-order valence-electron chi connectivity index (χ3n) is 3.86. The van der Waals surface area contributed by atoms with Gasteiger partial charge in [0.25, 0.3) is 5.91 Å². The van der Waals surface area contributed by atoms with Crippen molar-refractivity contribution in [2.24, 2.45) is 5.92 Å². The summed E-state index contributed by atoms with van der Waals surface area (Å²) in [5.41, 5.74) is 0.443. The molecule has 6 heteroatoms. The molecule has 6 nitrogen and oxygen atoms in total. The van der Waals surface area contributed by atoms with Crippen molar-refractivity contribution in [3.05, 3.63) is 23.7 Å². The minimum absolute atomic E-state index is 0.0568. The van der Waals surface area contributed by atoms with Gasteiger partial charge in [0.2, 0.25) is 5.91 Å². The van der Waals surface area contributed by atoms with E-state index in [9.17, 15) is 14.7 Å². The molecule has 2 atom stereocenters. The molecule has 1 aromatic heterocycles. The summed E-state index contributed by atoms with van der Waals surface area (Å²) < 4.78 is 5.04. The summed E-state index contributed by atoms with van der Waals surface area (Å²) in [5.74, 6) is 0.322. The van der Waals surface area contributed by atoms with Crippen LogP contribution in [0, 0.1) is 12.8 Å². The summed E-state index contributed by atoms with van der Waals surface area (Å²) in [4.78, 5) is 23.5. The molecule has 2 rings (SSSR count). The minimum Gasteiger partial charge on any atom is -0.469 e. The molecule has 2 unspecified atom stereocenters. The highest BCUT2D eigenvalue weighted by atomic mass is 16.3. The molecule has 0 radical (unpaired) electrons. The summed E-state index contributed by atoms with van der Waals surface area (Å²) in [7, 11) is 0. The maximum atomic E-state index is 11.8. The van der Waals surface area contributed by atoms with Crippen LogP contribution in [0.1, 0.15) is 41.8 Å². The highest BCUT2D eigenvalue weighted by Gasteiger charge is 2.20. The maximum Gasteiger partial charge on any atom is 0.255 e. The van der Waals surface area contributed by atoms with Crippen molar-refractivity contribution in [1.82, 2.24) is 10.6 Å². The molecule has 116 valence electrons. The predicted molar refractivity (Wildman–Crippen MR) is 76.8 cm³/mol. The van der Waals surface area contributed by atoms with Crippen molar-refractivity contribution in [2.75, 3.05) is 13.1 Å². The molecule has 2 amide bonds. The van der Waals surface area contributed by atoms with Crippen LogP contribution in [0.5, 0.6) is 0 Å². The zero-order valence-corrected chi connectivity index (χ0v) is 12.2. The lowest BCUT2D eigenvalue weighted by Crippen LogP contribution is -2.40. The van der Waals surface area contributed by atoms with Crippen molar-refractivity contribution < 1.29 is 19.1 Å². The SMILES string of the molecule is Cc1occc1C(=O)NCC(=O)NCC1CCCC(O)C1. The smallest absolute Gasteiger partial charge is 0.255 e. The van der Waals surface area contributed by atoms with E-state index in [2.05, 4.69) is 10.6 Å². The Labute approximate surface area is 123 Å². The fourth-order valence-electron chi connectivity index (χ4n) is 2.65. The van der Waals surface area contributed by atoms with E-state index in [0.29, 0.717) is 23.8 Å². The lowest BCUT2D eigenvalue weighted by Gasteiger charge is -2.25. The van der Waals surface area contributed by atoms with Crippen LogP contribution < -0.4 is 10.6 Å². The van der Waals surface area contributed by atoms with E-state index in [1.54, 1.807) is 13.0 Å². The lowest BCUT2D eigenvalue weighted by atomic mass is 9.87. The topological polar surface area (TPSA) is 91.6 Å². The van der Waals surface area contributed by atoms with E-state index >= 15 is 0 Å². The first-order chi connectivity index (χ1) is 10.1. The average Bonchev–Trinajstić information content (AvgIpc) is 2.89. The largest absolute Gasteiger partial charge is 0.469 e. The number of rotatable bonds is 5. The van der Waals surface area contributed by atoms with Gasteiger partial charge in [-0.1, -0.05) is 6.42 Å². The number of hydrogen-bond acceptors (Lipinski definition) is 4. The van der Waals surface area contributed by atoms with Crippen molar-refractivity contribution >= 4 is 11.8 Å². The number of nitrogens with one attached hydrogen (secondary N) is 2. The van der Waals surface area contributed by atoms with Gasteiger partial charge >= 0.3 is 0 Å². The monoisotopic (exact) mass is 294 g/mol. The minimum atomic E-state index is -0.315. The molecule has 0 bridgehead atoms. The van der Waals surface area contributed by atoms with Crippen molar-refractivity contribution in [3.63, 3.8) is 0 Å². The quantitative estimate of drug-likeness (QED) is 0.755. The van der Waals surface area contributed by atoms with Crippen LogP contribution in [-0.2, 0) is 4.79 Å². The van der Waals surface area contributed by atoms with Crippen LogP contribution in [0.4, 0.5) is 0 Å². The average molecular weight is 294 g/mol. The Hall–Kier alpha value is -1.82. The highest BCUT2D eigenvalue weighted by molar-refractivity contribution is 5.97. The molecule has 0 aromatic carbocycles. The fourth-order valence-corrected chi connectivity index (χ4v) is 2.65. The summed E-state index contributed by atoms with van der Waals surface area (Å²) in [6.45, 7) is 2.19. The molecule has 1 heterocycles. The van der Waals surface area contributed by atoms with Gasteiger partial charge in [0, 0.05) is 6.54 Å². The van der Waals surface area contributed by atoms with Crippen molar-refractivity contribution in [1.29, 1.82) is 0 Å². The molecular formula is C15H22N2O4. The molecular weight excluding hydrogens is 272 g/mol. The molecule has 1 fully saturated rings. The molecule has 0 saturated heterocycles. The summed E-state index contributed by atoms with van der Waals surface area (Å²) in [6, 6.07) is 1.58. The summed E-state index contributed by atoms with van der Waals surface area (Å²) >= 11 is 0. The van der Waals surface area contributed by atoms with E-state index in [1.807, 2.05) is 0 Å². The molecule has 21 heavy (non-hydrogen) atoms. The lowest BCUT2D eigenvalue weighted by molar-refractivity contribution is -0.120. The third kappa shape index (κ3) is 4.60. The Kier molecular flexibility index (Phi) is 5.38. The number of carbonyl (C=O) groups excluding carboxylic acids is 2. The van der Waals surface area contributed by atoms with E-state index < -0.39 is 0 Å². The van der Waals surface area contributed by atoms with Crippen LogP contribution in [0.3, 0.4) is 0 Å². The van der Waals surface area contributed by atoms with E-state index in [0.717, 1.165) is 25.7 Å². The van der Waals surface area contributed by atoms with Crippen LogP contribution >= 0.6 is 0 Å². The first-order valence-corrected chi connectivity index (χ1v) is 7.33. The molecule has 1 saturated carbocycles. The Morgan fingerprint density at radius 2 is 2.19 bits per heavy atom. The maximum absolute atomic E-state index is 11.8. The predicted octanol–water partition coefficient (Wildman–Crippen LogP) is 0.985. The van der Waals surface area contributed by atoms with Gasteiger partial charge in [-0.2, -0.15) is 0 Å². The van der Waals surface area contributed by atoms with Gasteiger partial charge in [-0.15, -0.1) is 0 Å². The molecule has 0 spiro atoms. The van der Waals surface area contributed by atoms with Gasteiger partial charge in [-0.05, 0) is 38.2 Å². The zero-order valence-electron chi connectivity index (χ0n) is 12.2. The second-order valence-corrected chi connectivity index (χ2v) is 5.56. The Morgan fingerprint density at radius 3 is 2.86 bits per heavy atom. The summed E-state index contributed by atoms with van der Waals surface area (Å²) in [6.07, 6.45) is 4.81. The summed E-state index contributed by atoms with van der Waals surface area (Å²) in [5, 5.41) is 14.9. The van der Waals surface area contributed by atoms with Crippen LogP contribution in [0.2, 0.25) is 0 Å². The molecule has 3 N–H and O–H groups in total. The second-order valence-electron chi connectivity index (χ2n) is 5.56. The first-order valence-electron chi connectivity index (χ1n) is 7.33. The van der Waals surface area contributed by atoms with E-state index in [4.69, 9.17) is 4.42 Å². The van der Waals surface area contributed by atoms with Gasteiger partial charge in [-0.3, -0.25) is 9.59 Å². The normalized spacial score (nSPS) is 21.8. The zero-order chi connectivity index (χ0) is 15.2. The highest BCUT2D eigenvalue weighted by Crippen LogP contribution is 2.23. The number of aliphatic hydroxyl groups excluding tert-OH is 1. The molecule has 1 aliphatic rings. The van der Waals surface area contributed by atoms with E-state index in [1.165, 1.54) is 6.26 Å². The van der Waals surface area contributed by atoms with Crippen LogP contribution in [0.15, 0.2) is 16.7 Å². The Bertz CT molecular complexity index is 498. The number of hydrogen-bond donors (Lipinski definition) is 3. The number of furan rings is 1. The van der Waals surface area contributed by atoms with Gasteiger partial charge in [0.05, 0.1) is 24.5 Å². The second kappa shape index (κ2) is 7.26. The fraction of sp³-hybridized carbons (Fsp3) is 0.600. The van der Waals surface area contributed by atoms with Crippen molar-refractivity contribution in [3.8, 4) is 0 Å². The van der Waals surface area contributed by atoms with Gasteiger partial charge < -0.3 is 20.2 Å². The third-order valence-corrected chi connectivity index (χ3v) is 3.86. The molecule has 0 aliphatic heterocycles. The first kappa shape index (κ1) is 15.6. The van der Waals surface area contributed by atoms with Crippen LogP contribution in [-0.4, -0.2) is 36.1 Å². The van der Waals surface area contributed by atoms with Gasteiger partial charge in [-0.25, -0.2) is 0 Å². The Balaban J connectivity index is 1.68. The van der Waals surface area contributed by atoms with Gasteiger partial charge in [0.1, 0.15) is 5.76 Å². The number of aliphatic hydroxyl groups is 1. The molecule has 1 aromatic rings. The van der Waals surface area contributed by atoms with Crippen LogP contribution in [0.25, 0.3) is 0 Å². The number of carbonyl (C=O) groups is 2. The standard InChI is InChI=1S/C15H22N2O4/c1-10-13(5-6-21-10)15(20)17-9-14(19)16-8-11-3-2-4-12(18)7-11/h5-6,11-12,18H,2-4,7-9H2,1H3,(H,16,19)(H,17,20). The Morgan fingerprint density at radius 1 is 1.38 bits per heavy atom. The van der Waals surface area contributed by atoms with E-state index in [-0.39, 0.29) is 24.5 Å². The van der Waals surface area contributed by atoms with Gasteiger partial charge in [0.15, 0.2) is 0 Å². The number of aryl methyl sites for hydroxylation is 1.